The van der Waals surface area contributed by atoms with E-state index in [2.05, 4.69) is 5.32 Å². The van der Waals surface area contributed by atoms with Gasteiger partial charge >= 0.3 is 0 Å². The lowest BCUT2D eigenvalue weighted by Gasteiger charge is -2.33. The Bertz CT molecular complexity index is 501. The van der Waals surface area contributed by atoms with Crippen LogP contribution < -0.4 is 20.7 Å². The number of nitrogens with two attached hydrogens (primary N) is 1. The Morgan fingerprint density at radius 2 is 2.11 bits per heavy atom. The van der Waals surface area contributed by atoms with Gasteiger partial charge in [-0.25, -0.2) is 0 Å². The van der Waals surface area contributed by atoms with Gasteiger partial charge in [-0.3, -0.25) is 14.9 Å². The number of ether oxygens (including phenoxy) is 1. The Labute approximate surface area is 105 Å². The molecule has 0 radical (unpaired) electrons. The van der Waals surface area contributed by atoms with E-state index in [1.54, 1.807) is 30.0 Å². The highest BCUT2D eigenvalue weighted by atomic mass is 16.5. The molecule has 6 heteroatoms. The predicted octanol–water partition coefficient (Wildman–Crippen LogP) is 0.129. The van der Waals surface area contributed by atoms with E-state index in [1.807, 2.05) is 0 Å². The summed E-state index contributed by atoms with van der Waals surface area (Å²) in [5.74, 6) is -0.0391. The van der Waals surface area contributed by atoms with Crippen molar-refractivity contribution in [2.24, 2.45) is 0 Å². The van der Waals surface area contributed by atoms with Crippen LogP contribution in [0.4, 0.5) is 11.4 Å². The molecule has 0 aliphatic carbocycles. The molecule has 1 fully saturated rings. The quantitative estimate of drug-likeness (QED) is 0.575. The maximum Gasteiger partial charge on any atom is 0.249 e. The number of benzene rings is 1. The summed E-state index contributed by atoms with van der Waals surface area (Å²) in [5.41, 5.74) is 6.98. The second-order valence-electron chi connectivity index (χ2n) is 4.18. The molecule has 0 bridgehead atoms. The van der Waals surface area contributed by atoms with Gasteiger partial charge in [0, 0.05) is 23.5 Å². The first-order chi connectivity index (χ1) is 8.51. The lowest BCUT2D eigenvalue weighted by molar-refractivity contribution is -0.132. The van der Waals surface area contributed by atoms with Gasteiger partial charge in [-0.15, -0.1) is 0 Å². The van der Waals surface area contributed by atoms with Gasteiger partial charge in [0.05, 0.1) is 13.7 Å². The third-order valence-electron chi connectivity index (χ3n) is 2.90. The number of nitrogen functional groups attached to an aromatic ring is 1. The molecule has 0 aromatic heterocycles. The van der Waals surface area contributed by atoms with Gasteiger partial charge < -0.3 is 15.4 Å². The van der Waals surface area contributed by atoms with E-state index in [0.29, 0.717) is 17.1 Å². The molecule has 2 amide bonds. The molecule has 96 valence electrons. The summed E-state index contributed by atoms with van der Waals surface area (Å²) >= 11 is 0. The van der Waals surface area contributed by atoms with Crippen LogP contribution in [0.15, 0.2) is 18.2 Å². The van der Waals surface area contributed by atoms with Crippen LogP contribution in [0.5, 0.6) is 5.75 Å². The molecule has 3 N–H and O–H groups in total. The van der Waals surface area contributed by atoms with E-state index in [9.17, 15) is 9.59 Å². The number of imide groups is 1. The van der Waals surface area contributed by atoms with Gasteiger partial charge in [0.25, 0.3) is 0 Å². The van der Waals surface area contributed by atoms with Crippen molar-refractivity contribution in [3.8, 4) is 5.75 Å². The van der Waals surface area contributed by atoms with Gasteiger partial charge in [0.1, 0.15) is 11.8 Å². The number of piperazine rings is 1. The summed E-state index contributed by atoms with van der Waals surface area (Å²) < 4.78 is 5.12. The number of nitrogens with zero attached hydrogens (tertiary/aromatic N) is 1. The van der Waals surface area contributed by atoms with Crippen molar-refractivity contribution >= 4 is 23.2 Å². The van der Waals surface area contributed by atoms with Crippen LogP contribution in [0, 0.1) is 0 Å². The molecule has 0 saturated carbocycles. The van der Waals surface area contributed by atoms with Crippen LogP contribution >= 0.6 is 0 Å². The summed E-state index contributed by atoms with van der Waals surface area (Å²) in [7, 11) is 1.54. The lowest BCUT2D eigenvalue weighted by atomic mass is 10.1. The second-order valence-corrected chi connectivity index (χ2v) is 4.18. The van der Waals surface area contributed by atoms with Gasteiger partial charge in [0.15, 0.2) is 0 Å². The van der Waals surface area contributed by atoms with Crippen LogP contribution in [-0.2, 0) is 9.59 Å². The van der Waals surface area contributed by atoms with Crippen molar-refractivity contribution < 1.29 is 14.3 Å². The number of anilines is 2. The molecular weight excluding hydrogens is 234 g/mol. The SMILES string of the molecule is COc1cc(N)cc(N2CC(=O)NC(=O)C2C)c1. The summed E-state index contributed by atoms with van der Waals surface area (Å²) in [6.07, 6.45) is 0. The van der Waals surface area contributed by atoms with Gasteiger partial charge in [-0.05, 0) is 13.0 Å². The van der Waals surface area contributed by atoms with E-state index in [1.165, 1.54) is 7.11 Å². The van der Waals surface area contributed by atoms with Crippen molar-refractivity contribution in [2.75, 3.05) is 24.3 Å². The number of rotatable bonds is 2. The monoisotopic (exact) mass is 249 g/mol. The molecular formula is C12H15N3O3. The topological polar surface area (TPSA) is 84.7 Å². The van der Waals surface area contributed by atoms with E-state index < -0.39 is 6.04 Å². The van der Waals surface area contributed by atoms with Gasteiger partial charge in [-0.1, -0.05) is 0 Å². The normalized spacial score (nSPS) is 19.7. The van der Waals surface area contributed by atoms with Crippen molar-refractivity contribution in [1.29, 1.82) is 0 Å². The number of methoxy groups -OCH3 is 1. The summed E-state index contributed by atoms with van der Waals surface area (Å²) in [6.45, 7) is 1.86. The van der Waals surface area contributed by atoms with Crippen molar-refractivity contribution in [3.63, 3.8) is 0 Å². The Morgan fingerprint density at radius 3 is 2.78 bits per heavy atom. The highest BCUT2D eigenvalue weighted by Crippen LogP contribution is 2.27. The molecule has 1 aromatic rings. The van der Waals surface area contributed by atoms with E-state index in [4.69, 9.17) is 10.5 Å². The average molecular weight is 249 g/mol. The van der Waals surface area contributed by atoms with E-state index in [-0.39, 0.29) is 18.4 Å². The number of amides is 2. The number of hydrogen-bond acceptors (Lipinski definition) is 5. The Morgan fingerprint density at radius 1 is 1.39 bits per heavy atom. The van der Waals surface area contributed by atoms with E-state index in [0.717, 1.165) is 0 Å². The van der Waals surface area contributed by atoms with Gasteiger partial charge in [-0.2, -0.15) is 0 Å². The van der Waals surface area contributed by atoms with Crippen LogP contribution in [0.25, 0.3) is 0 Å². The lowest BCUT2D eigenvalue weighted by Crippen LogP contribution is -2.57. The third-order valence-corrected chi connectivity index (χ3v) is 2.90. The predicted molar refractivity (Wildman–Crippen MR) is 67.4 cm³/mol. The Balaban J connectivity index is 2.37. The fraction of sp³-hybridized carbons (Fsp3) is 0.333. The zero-order valence-electron chi connectivity index (χ0n) is 10.3. The van der Waals surface area contributed by atoms with Crippen molar-refractivity contribution in [1.82, 2.24) is 5.32 Å². The second kappa shape index (κ2) is 4.56. The van der Waals surface area contributed by atoms with Crippen LogP contribution in [-0.4, -0.2) is 31.5 Å². The molecule has 1 aliphatic rings. The molecule has 1 aliphatic heterocycles. The number of carbonyl (C=O) groups excluding carboxylic acids is 2. The summed E-state index contributed by atoms with van der Waals surface area (Å²) in [6, 6.07) is 4.72. The Kier molecular flexibility index (Phi) is 3.10. The summed E-state index contributed by atoms with van der Waals surface area (Å²) in [4.78, 5) is 24.7. The maximum absolute atomic E-state index is 11.6. The van der Waals surface area contributed by atoms with Crippen molar-refractivity contribution in [3.05, 3.63) is 18.2 Å². The molecule has 1 aromatic carbocycles. The minimum atomic E-state index is -0.422. The number of nitrogens with one attached hydrogen (secondary N) is 1. The fourth-order valence-corrected chi connectivity index (χ4v) is 1.92. The summed E-state index contributed by atoms with van der Waals surface area (Å²) in [5, 5.41) is 2.29. The minimum absolute atomic E-state index is 0.125. The molecule has 6 nitrogen and oxygen atoms in total. The average Bonchev–Trinajstić information content (AvgIpc) is 2.32. The highest BCUT2D eigenvalue weighted by Gasteiger charge is 2.30. The molecule has 1 atom stereocenters. The molecule has 1 heterocycles. The minimum Gasteiger partial charge on any atom is -0.497 e. The van der Waals surface area contributed by atoms with Crippen LogP contribution in [0.3, 0.4) is 0 Å². The van der Waals surface area contributed by atoms with Crippen molar-refractivity contribution in [2.45, 2.75) is 13.0 Å². The third kappa shape index (κ3) is 2.22. The standard InChI is InChI=1S/C12H15N3O3/c1-7-12(17)14-11(16)6-15(7)9-3-8(13)4-10(5-9)18-2/h3-5,7H,6,13H2,1-2H3,(H,14,16,17). The first-order valence-electron chi connectivity index (χ1n) is 5.56. The van der Waals surface area contributed by atoms with E-state index >= 15 is 0 Å². The van der Waals surface area contributed by atoms with Gasteiger partial charge in [0.2, 0.25) is 11.8 Å². The smallest absolute Gasteiger partial charge is 0.249 e. The molecule has 18 heavy (non-hydrogen) atoms. The highest BCUT2D eigenvalue weighted by molar-refractivity contribution is 6.04. The molecule has 0 spiro atoms. The first kappa shape index (κ1) is 12.2. The van der Waals surface area contributed by atoms with Crippen LogP contribution in [0.1, 0.15) is 6.92 Å². The molecule has 2 rings (SSSR count). The Hall–Kier alpha value is -2.24. The number of hydrogen-bond donors (Lipinski definition) is 2. The molecule has 1 saturated heterocycles. The molecule has 1 unspecified atom stereocenters. The zero-order chi connectivity index (χ0) is 13.3. The first-order valence-corrected chi connectivity index (χ1v) is 5.56. The maximum atomic E-state index is 11.6. The fourth-order valence-electron chi connectivity index (χ4n) is 1.92. The number of carbonyl (C=O) groups is 2. The zero-order valence-corrected chi connectivity index (χ0v) is 10.3. The largest absolute Gasteiger partial charge is 0.497 e. The van der Waals surface area contributed by atoms with Crippen LogP contribution in [0.2, 0.25) is 0 Å².